The van der Waals surface area contributed by atoms with E-state index in [-0.39, 0.29) is 5.78 Å². The van der Waals surface area contributed by atoms with Gasteiger partial charge in [-0.15, -0.1) is 0 Å². The van der Waals surface area contributed by atoms with E-state index in [1.54, 1.807) is 6.92 Å². The van der Waals surface area contributed by atoms with Crippen molar-refractivity contribution in [1.82, 2.24) is 0 Å². The molecule has 0 rings (SSSR count). The van der Waals surface area contributed by atoms with Crippen LogP contribution in [0.4, 0.5) is 4.39 Å². The molecule has 1 atom stereocenters. The number of esters is 1. The van der Waals surface area contributed by atoms with E-state index in [2.05, 4.69) is 9.47 Å². The Morgan fingerprint density at radius 2 is 2.14 bits per heavy atom. The summed E-state index contributed by atoms with van der Waals surface area (Å²) in [5, 5.41) is 0. The quantitative estimate of drug-likeness (QED) is 0.372. The number of carbonyl (C=O) groups excluding carboxylic acids is 2. The van der Waals surface area contributed by atoms with Crippen LogP contribution in [0.15, 0.2) is 12.3 Å². The van der Waals surface area contributed by atoms with Gasteiger partial charge >= 0.3 is 5.97 Å². The zero-order chi connectivity index (χ0) is 11.0. The van der Waals surface area contributed by atoms with Crippen LogP contribution in [0, 0.1) is 0 Å². The Kier molecular flexibility index (Phi) is 6.36. The van der Waals surface area contributed by atoms with E-state index < -0.39 is 18.7 Å². The van der Waals surface area contributed by atoms with Crippen LogP contribution < -0.4 is 0 Å². The Morgan fingerprint density at radius 1 is 1.50 bits per heavy atom. The summed E-state index contributed by atoms with van der Waals surface area (Å²) in [6.45, 7) is 3.37. The fourth-order valence-corrected chi connectivity index (χ4v) is 0.623. The van der Waals surface area contributed by atoms with E-state index in [4.69, 9.17) is 0 Å². The van der Waals surface area contributed by atoms with E-state index in [9.17, 15) is 14.0 Å². The molecule has 0 aromatic rings. The largest absolute Gasteiger partial charge is 0.502 e. The third kappa shape index (κ3) is 7.27. The Morgan fingerprint density at radius 3 is 2.64 bits per heavy atom. The lowest BCUT2D eigenvalue weighted by Crippen LogP contribution is -2.14. The van der Waals surface area contributed by atoms with E-state index in [0.717, 1.165) is 12.3 Å². The molecule has 0 aliphatic heterocycles. The molecule has 0 spiro atoms. The van der Waals surface area contributed by atoms with Crippen molar-refractivity contribution in [2.75, 3.05) is 6.61 Å². The van der Waals surface area contributed by atoms with Crippen LogP contribution in [0.25, 0.3) is 0 Å². The highest BCUT2D eigenvalue weighted by Crippen LogP contribution is 1.99. The number of ketones is 1. The monoisotopic (exact) mass is 204 g/mol. The maximum absolute atomic E-state index is 12.7. The van der Waals surface area contributed by atoms with Crippen LogP contribution in [0.3, 0.4) is 0 Å². The average molecular weight is 204 g/mol. The molecule has 1 unspecified atom stereocenters. The lowest BCUT2D eigenvalue weighted by Gasteiger charge is -2.04. The molecule has 14 heavy (non-hydrogen) atoms. The van der Waals surface area contributed by atoms with E-state index in [1.165, 1.54) is 6.92 Å². The number of Topliss-reactive ketones (excluding diaryl/α,β-unsaturated/α-hetero) is 1. The van der Waals surface area contributed by atoms with Crippen LogP contribution >= 0.6 is 0 Å². The van der Waals surface area contributed by atoms with Gasteiger partial charge in [-0.3, -0.25) is 9.59 Å². The minimum absolute atomic E-state index is 0.365. The third-order valence-electron chi connectivity index (χ3n) is 1.13. The van der Waals surface area contributed by atoms with Gasteiger partial charge in [-0.25, -0.2) is 0 Å². The number of carbonyl (C=O) groups is 2. The van der Waals surface area contributed by atoms with Gasteiger partial charge in [0.1, 0.15) is 12.2 Å². The van der Waals surface area contributed by atoms with Crippen LogP contribution in [0.2, 0.25) is 0 Å². The number of hydrogen-bond acceptors (Lipinski definition) is 4. The fraction of sp³-hybridized carbons (Fsp3) is 0.556. The summed E-state index contributed by atoms with van der Waals surface area (Å²) in [5.41, 5.74) is 0. The second-order valence-corrected chi connectivity index (χ2v) is 2.50. The second-order valence-electron chi connectivity index (χ2n) is 2.50. The number of ether oxygens (including phenoxy) is 2. The molecule has 0 fully saturated rings. The summed E-state index contributed by atoms with van der Waals surface area (Å²) >= 11 is 0. The zero-order valence-electron chi connectivity index (χ0n) is 8.16. The maximum Gasteiger partial charge on any atom is 0.316 e. The molecule has 0 radical (unpaired) electrons. The zero-order valence-corrected chi connectivity index (χ0v) is 8.16. The SMILES string of the molecule is CCOC=CC(F)OC(=O)CC(C)=O. The topological polar surface area (TPSA) is 52.6 Å². The molecule has 0 heterocycles. The first kappa shape index (κ1) is 12.6. The van der Waals surface area contributed by atoms with Crippen molar-refractivity contribution in [3.05, 3.63) is 12.3 Å². The van der Waals surface area contributed by atoms with Gasteiger partial charge in [-0.05, 0) is 13.8 Å². The molecule has 0 aromatic carbocycles. The molecule has 0 aromatic heterocycles. The molecule has 5 heteroatoms. The fourth-order valence-electron chi connectivity index (χ4n) is 0.623. The van der Waals surface area contributed by atoms with E-state index in [1.807, 2.05) is 0 Å². The predicted octanol–water partition coefficient (Wildman–Crippen LogP) is 1.35. The van der Waals surface area contributed by atoms with Gasteiger partial charge in [0.2, 0.25) is 0 Å². The molecule has 0 bridgehead atoms. The second kappa shape index (κ2) is 7.06. The molecular weight excluding hydrogens is 191 g/mol. The number of rotatable bonds is 6. The number of halogens is 1. The lowest BCUT2D eigenvalue weighted by atomic mass is 10.3. The average Bonchev–Trinajstić information content (AvgIpc) is 2.02. The molecule has 0 saturated heterocycles. The van der Waals surface area contributed by atoms with Gasteiger partial charge in [0.15, 0.2) is 0 Å². The van der Waals surface area contributed by atoms with Crippen LogP contribution in [0.5, 0.6) is 0 Å². The van der Waals surface area contributed by atoms with Gasteiger partial charge in [0.25, 0.3) is 6.36 Å². The molecule has 0 amide bonds. The van der Waals surface area contributed by atoms with Crippen molar-refractivity contribution in [3.63, 3.8) is 0 Å². The summed E-state index contributed by atoms with van der Waals surface area (Å²) in [5.74, 6) is -1.25. The molecular formula is C9H13FO4. The van der Waals surface area contributed by atoms with Gasteiger partial charge in [-0.1, -0.05) is 0 Å². The van der Waals surface area contributed by atoms with Crippen molar-refractivity contribution in [2.45, 2.75) is 26.6 Å². The first-order valence-electron chi connectivity index (χ1n) is 4.17. The van der Waals surface area contributed by atoms with E-state index >= 15 is 0 Å². The molecule has 0 aliphatic carbocycles. The first-order valence-corrected chi connectivity index (χ1v) is 4.17. The van der Waals surface area contributed by atoms with Crippen molar-refractivity contribution >= 4 is 11.8 Å². The van der Waals surface area contributed by atoms with E-state index in [0.29, 0.717) is 6.61 Å². The van der Waals surface area contributed by atoms with Crippen molar-refractivity contribution < 1.29 is 23.5 Å². The molecule has 4 nitrogen and oxygen atoms in total. The highest BCUT2D eigenvalue weighted by molar-refractivity contribution is 5.94. The van der Waals surface area contributed by atoms with Crippen molar-refractivity contribution in [1.29, 1.82) is 0 Å². The smallest absolute Gasteiger partial charge is 0.316 e. The van der Waals surface area contributed by atoms with Gasteiger partial charge in [0.05, 0.1) is 12.9 Å². The Bertz CT molecular complexity index is 225. The lowest BCUT2D eigenvalue weighted by molar-refractivity contribution is -0.154. The van der Waals surface area contributed by atoms with Gasteiger partial charge in [0, 0.05) is 6.08 Å². The van der Waals surface area contributed by atoms with Gasteiger partial charge in [-0.2, -0.15) is 4.39 Å². The summed E-state index contributed by atoms with van der Waals surface area (Å²) in [6, 6.07) is 0. The standard InChI is InChI=1S/C9H13FO4/c1-3-13-5-4-8(10)14-9(12)6-7(2)11/h4-5,8H,3,6H2,1-2H3. The Labute approximate surface area is 81.7 Å². The number of hydrogen-bond donors (Lipinski definition) is 0. The van der Waals surface area contributed by atoms with Crippen molar-refractivity contribution in [3.8, 4) is 0 Å². The van der Waals surface area contributed by atoms with Crippen LogP contribution in [-0.4, -0.2) is 24.7 Å². The molecule has 80 valence electrons. The predicted molar refractivity (Wildman–Crippen MR) is 47.1 cm³/mol. The molecule has 0 saturated carbocycles. The van der Waals surface area contributed by atoms with Crippen LogP contribution in [-0.2, 0) is 19.1 Å². The number of alkyl halides is 1. The first-order chi connectivity index (χ1) is 6.56. The summed E-state index contributed by atoms with van der Waals surface area (Å²) in [4.78, 5) is 21.2. The molecule has 0 aliphatic rings. The summed E-state index contributed by atoms with van der Waals surface area (Å²) < 4.78 is 21.6. The molecule has 0 N–H and O–H groups in total. The van der Waals surface area contributed by atoms with Crippen molar-refractivity contribution in [2.24, 2.45) is 0 Å². The van der Waals surface area contributed by atoms with Crippen LogP contribution in [0.1, 0.15) is 20.3 Å². The highest BCUT2D eigenvalue weighted by atomic mass is 19.1. The Hall–Kier alpha value is -1.39. The summed E-state index contributed by atoms with van der Waals surface area (Å²) in [6.07, 6.45) is -0.232. The third-order valence-corrected chi connectivity index (χ3v) is 1.13. The van der Waals surface area contributed by atoms with Gasteiger partial charge < -0.3 is 9.47 Å². The minimum atomic E-state index is -1.87. The minimum Gasteiger partial charge on any atom is -0.502 e. The highest BCUT2D eigenvalue weighted by Gasteiger charge is 2.11. The Balaban J connectivity index is 3.76. The summed E-state index contributed by atoms with van der Waals surface area (Å²) in [7, 11) is 0. The maximum atomic E-state index is 12.7. The normalized spacial score (nSPS) is 12.5.